The highest BCUT2D eigenvalue weighted by atomic mass is 19.4. The third-order valence-corrected chi connectivity index (χ3v) is 1.28. The first kappa shape index (κ1) is 10.2. The Morgan fingerprint density at radius 2 is 1.57 bits per heavy atom. The van der Waals surface area contributed by atoms with Crippen LogP contribution in [0, 0.1) is 4.91 Å². The maximum Gasteiger partial charge on any atom is 0.451 e. The second-order valence-electron chi connectivity index (χ2n) is 2.26. The molecule has 4 N–H and O–H groups in total. The molecule has 0 bridgehead atoms. The van der Waals surface area contributed by atoms with E-state index in [4.69, 9.17) is 11.5 Å². The lowest BCUT2D eigenvalue weighted by atomic mass is 10.4. The maximum absolute atomic E-state index is 12.0. The summed E-state index contributed by atoms with van der Waals surface area (Å²) in [6, 6.07) is 0. The lowest BCUT2D eigenvalue weighted by Gasteiger charge is -2.06. The fraction of sp³-hybridized carbons (Fsp3) is 0.200. The number of anilines is 2. The monoisotopic (exact) mass is 207 g/mol. The second-order valence-corrected chi connectivity index (χ2v) is 2.26. The van der Waals surface area contributed by atoms with E-state index in [-0.39, 0.29) is 0 Å². The number of nitrogen functional groups attached to an aromatic ring is 2. The average Bonchev–Trinajstić information content (AvgIpc) is 2.01. The van der Waals surface area contributed by atoms with Gasteiger partial charge in [0.1, 0.15) is 0 Å². The van der Waals surface area contributed by atoms with Crippen LogP contribution in [0.3, 0.4) is 0 Å². The number of nitrogens with two attached hydrogens (primary N) is 2. The van der Waals surface area contributed by atoms with E-state index in [0.29, 0.717) is 0 Å². The molecular weight excluding hydrogens is 203 g/mol. The van der Waals surface area contributed by atoms with Gasteiger partial charge in [0.05, 0.1) is 0 Å². The third kappa shape index (κ3) is 1.70. The molecule has 0 fully saturated rings. The molecule has 0 amide bonds. The van der Waals surface area contributed by atoms with Crippen LogP contribution in [0.4, 0.5) is 30.5 Å². The number of halogens is 3. The van der Waals surface area contributed by atoms with E-state index in [0.717, 1.165) is 0 Å². The van der Waals surface area contributed by atoms with Crippen molar-refractivity contribution in [1.29, 1.82) is 0 Å². The molecule has 76 valence electrons. The van der Waals surface area contributed by atoms with E-state index in [2.05, 4.69) is 15.1 Å². The lowest BCUT2D eigenvalue weighted by Crippen LogP contribution is -2.14. The van der Waals surface area contributed by atoms with Crippen molar-refractivity contribution in [1.82, 2.24) is 9.97 Å². The quantitative estimate of drug-likeness (QED) is 0.669. The summed E-state index contributed by atoms with van der Waals surface area (Å²) in [6.45, 7) is 0. The normalized spacial score (nSPS) is 11.4. The summed E-state index contributed by atoms with van der Waals surface area (Å²) < 4.78 is 36.1. The predicted octanol–water partition coefficient (Wildman–Crippen LogP) is 1.06. The lowest BCUT2D eigenvalue weighted by molar-refractivity contribution is -0.144. The number of aromatic nitrogens is 2. The van der Waals surface area contributed by atoms with E-state index in [1.54, 1.807) is 0 Å². The molecule has 1 rings (SSSR count). The van der Waals surface area contributed by atoms with E-state index in [1.165, 1.54) is 0 Å². The zero-order valence-corrected chi connectivity index (χ0v) is 6.54. The molecule has 14 heavy (non-hydrogen) atoms. The minimum Gasteiger partial charge on any atom is -0.382 e. The molecule has 0 radical (unpaired) electrons. The highest BCUT2D eigenvalue weighted by molar-refractivity contribution is 5.69. The summed E-state index contributed by atoms with van der Waals surface area (Å²) >= 11 is 0. The van der Waals surface area contributed by atoms with Gasteiger partial charge in [-0.2, -0.15) is 13.2 Å². The van der Waals surface area contributed by atoms with Gasteiger partial charge < -0.3 is 11.5 Å². The van der Waals surface area contributed by atoms with Crippen LogP contribution in [0.15, 0.2) is 5.18 Å². The molecule has 0 atom stereocenters. The number of rotatable bonds is 1. The van der Waals surface area contributed by atoms with Crippen molar-refractivity contribution in [3.05, 3.63) is 10.7 Å². The van der Waals surface area contributed by atoms with Crippen molar-refractivity contribution in [2.24, 2.45) is 5.18 Å². The van der Waals surface area contributed by atoms with Gasteiger partial charge in [-0.05, 0) is 5.18 Å². The molecule has 0 aliphatic rings. The molecule has 0 saturated carbocycles. The number of hydrogen-bond acceptors (Lipinski definition) is 6. The maximum atomic E-state index is 12.0. The van der Waals surface area contributed by atoms with Gasteiger partial charge >= 0.3 is 6.18 Å². The van der Waals surface area contributed by atoms with Crippen molar-refractivity contribution in [3.63, 3.8) is 0 Å². The molecule has 6 nitrogen and oxygen atoms in total. The standard InChI is InChI=1S/C5H4F3N5O/c6-5(7,8)4-11-2(9)1(13-14)3(10)12-4/h(H4,9,10,11,12). The first-order valence-corrected chi connectivity index (χ1v) is 3.19. The van der Waals surface area contributed by atoms with E-state index in [1.807, 2.05) is 0 Å². The molecule has 1 heterocycles. The first-order chi connectivity index (χ1) is 6.36. The van der Waals surface area contributed by atoms with Gasteiger partial charge in [0.2, 0.25) is 5.82 Å². The van der Waals surface area contributed by atoms with Crippen LogP contribution in [0.1, 0.15) is 5.82 Å². The second kappa shape index (κ2) is 3.09. The van der Waals surface area contributed by atoms with Crippen molar-refractivity contribution in [2.45, 2.75) is 6.18 Å². The summed E-state index contributed by atoms with van der Waals surface area (Å²) in [5, 5.41) is 2.30. The smallest absolute Gasteiger partial charge is 0.382 e. The van der Waals surface area contributed by atoms with Crippen LogP contribution in [-0.2, 0) is 6.18 Å². The molecular formula is C5H4F3N5O. The Balaban J connectivity index is 3.35. The Bertz CT molecular complexity index is 353. The van der Waals surface area contributed by atoms with Crippen LogP contribution in [0.2, 0.25) is 0 Å². The van der Waals surface area contributed by atoms with E-state index < -0.39 is 29.3 Å². The van der Waals surface area contributed by atoms with Gasteiger partial charge in [0.25, 0.3) is 0 Å². The molecule has 1 aromatic rings. The van der Waals surface area contributed by atoms with Crippen LogP contribution >= 0.6 is 0 Å². The third-order valence-electron chi connectivity index (χ3n) is 1.28. The van der Waals surface area contributed by atoms with Crippen molar-refractivity contribution >= 4 is 17.3 Å². The van der Waals surface area contributed by atoms with Crippen LogP contribution in [0.5, 0.6) is 0 Å². The van der Waals surface area contributed by atoms with Gasteiger partial charge in [-0.3, -0.25) is 0 Å². The van der Waals surface area contributed by atoms with Gasteiger partial charge in [-0.25, -0.2) is 9.97 Å². The summed E-state index contributed by atoms with van der Waals surface area (Å²) in [5.41, 5.74) is 9.42. The number of nitrogens with zero attached hydrogens (tertiary/aromatic N) is 3. The largest absolute Gasteiger partial charge is 0.451 e. The molecule has 0 aliphatic carbocycles. The summed E-state index contributed by atoms with van der Waals surface area (Å²) in [4.78, 5) is 15.7. The van der Waals surface area contributed by atoms with Crippen molar-refractivity contribution in [3.8, 4) is 0 Å². The van der Waals surface area contributed by atoms with E-state index in [9.17, 15) is 18.1 Å². The van der Waals surface area contributed by atoms with Gasteiger partial charge in [-0.1, -0.05) is 0 Å². The Morgan fingerprint density at radius 3 is 1.86 bits per heavy atom. The first-order valence-electron chi connectivity index (χ1n) is 3.19. The van der Waals surface area contributed by atoms with Gasteiger partial charge in [0, 0.05) is 0 Å². The Kier molecular flexibility index (Phi) is 2.24. The molecule has 0 saturated heterocycles. The number of alkyl halides is 3. The Labute approximate surface area is 75.1 Å². The number of hydrogen-bond donors (Lipinski definition) is 2. The fourth-order valence-corrected chi connectivity index (χ4v) is 0.711. The average molecular weight is 207 g/mol. The Hall–Kier alpha value is -1.93. The zero-order chi connectivity index (χ0) is 10.9. The molecule has 9 heteroatoms. The van der Waals surface area contributed by atoms with Crippen molar-refractivity contribution < 1.29 is 13.2 Å². The molecule has 1 aromatic heterocycles. The summed E-state index contributed by atoms with van der Waals surface area (Å²) in [5.74, 6) is -2.89. The zero-order valence-electron chi connectivity index (χ0n) is 6.54. The molecule has 0 aromatic carbocycles. The van der Waals surface area contributed by atoms with E-state index >= 15 is 0 Å². The predicted molar refractivity (Wildman–Crippen MR) is 41.3 cm³/mol. The highest BCUT2D eigenvalue weighted by Crippen LogP contribution is 2.32. The number of nitroso groups, excluding NO2 is 1. The van der Waals surface area contributed by atoms with Crippen LogP contribution < -0.4 is 11.5 Å². The molecule has 0 aliphatic heterocycles. The molecule has 0 spiro atoms. The Morgan fingerprint density at radius 1 is 1.14 bits per heavy atom. The van der Waals surface area contributed by atoms with Gasteiger partial charge in [0.15, 0.2) is 17.3 Å². The fourth-order valence-electron chi connectivity index (χ4n) is 0.711. The highest BCUT2D eigenvalue weighted by Gasteiger charge is 2.36. The van der Waals surface area contributed by atoms with Crippen LogP contribution in [0.25, 0.3) is 0 Å². The minimum absolute atomic E-state index is 0.585. The molecule has 0 unspecified atom stereocenters. The minimum atomic E-state index is -4.76. The summed E-state index contributed by atoms with van der Waals surface area (Å²) in [6.07, 6.45) is -4.76. The summed E-state index contributed by atoms with van der Waals surface area (Å²) in [7, 11) is 0. The topological polar surface area (TPSA) is 107 Å². The van der Waals surface area contributed by atoms with Crippen molar-refractivity contribution in [2.75, 3.05) is 11.5 Å². The SMILES string of the molecule is Nc1nc(C(F)(F)F)nc(N)c1N=O. The van der Waals surface area contributed by atoms with Crippen LogP contribution in [-0.4, -0.2) is 9.97 Å². The van der Waals surface area contributed by atoms with Gasteiger partial charge in [-0.15, -0.1) is 4.91 Å².